The van der Waals surface area contributed by atoms with Crippen LogP contribution in [-0.2, 0) is 0 Å². The Bertz CT molecular complexity index is 967. The van der Waals surface area contributed by atoms with Crippen molar-refractivity contribution in [3.63, 3.8) is 0 Å². The molecule has 0 amide bonds. The Balaban J connectivity index is 0. The van der Waals surface area contributed by atoms with Crippen LogP contribution >= 0.6 is 0 Å². The maximum Gasteiger partial charge on any atom is 3.00 e. The number of carbonyl (C=O) groups excluding carboxylic acids is 6. The first-order valence-electron chi connectivity index (χ1n) is 7.91. The number of carboxylic acid groups (broad SMARTS) is 6. The van der Waals surface area contributed by atoms with Crippen molar-refractivity contribution in [2.24, 2.45) is 0 Å². The molecular weight excluding hydrogens is 510 g/mol. The molecule has 0 bridgehead atoms. The van der Waals surface area contributed by atoms with Crippen molar-refractivity contribution < 1.29 is 72.7 Å². The van der Waals surface area contributed by atoms with E-state index < -0.39 is 70.4 Å². The number of hydrogen-bond donors (Lipinski definition) is 0. The fourth-order valence-electron chi connectivity index (χ4n) is 1.67. The summed E-state index contributed by atoms with van der Waals surface area (Å²) in [5, 5.41) is 60.1. The molecule has 0 N–H and O–H groups in total. The molecule has 15 nitrogen and oxygen atoms in total. The SMILES string of the molecule is O=C([O-])c1ccc(C(=O)[O-])o1.O=C([O-])c1ccc(C(=O)[O-])o1.O=C([O-])c1ccc(C(=O)[O-])o1.[Al+3].[Al+3]. The predicted molar refractivity (Wildman–Crippen MR) is 93.6 cm³/mol. The van der Waals surface area contributed by atoms with E-state index in [1.165, 1.54) is 0 Å². The van der Waals surface area contributed by atoms with E-state index in [0.29, 0.717) is 0 Å². The molecule has 3 aromatic rings. The third-order valence-electron chi connectivity index (χ3n) is 3.03. The van der Waals surface area contributed by atoms with E-state index in [4.69, 9.17) is 0 Å². The normalized spacial score (nSPS) is 8.91. The van der Waals surface area contributed by atoms with Crippen LogP contribution in [0.15, 0.2) is 49.6 Å². The summed E-state index contributed by atoms with van der Waals surface area (Å²) in [6, 6.07) is 5.92. The second-order valence-electron chi connectivity index (χ2n) is 5.22. The fourth-order valence-corrected chi connectivity index (χ4v) is 1.67. The van der Waals surface area contributed by atoms with Crippen LogP contribution in [0.2, 0.25) is 0 Å². The van der Waals surface area contributed by atoms with Gasteiger partial charge in [0, 0.05) is 0 Å². The summed E-state index contributed by atoms with van der Waals surface area (Å²) in [5.41, 5.74) is 0. The van der Waals surface area contributed by atoms with Crippen LogP contribution in [0.25, 0.3) is 0 Å². The Morgan fingerprint density at radius 1 is 0.371 bits per heavy atom. The van der Waals surface area contributed by atoms with Crippen LogP contribution in [-0.4, -0.2) is 70.5 Å². The van der Waals surface area contributed by atoms with E-state index in [1.54, 1.807) is 0 Å². The standard InChI is InChI=1S/3C6H4O5.2Al/c3*7-5(8)3-1-2-4(11-3)6(9)10;;/h3*1-2H,(H,7,8)(H,9,10);;/q;;;2*+3/p-6. The van der Waals surface area contributed by atoms with Crippen molar-refractivity contribution in [3.8, 4) is 0 Å². The van der Waals surface area contributed by atoms with E-state index in [-0.39, 0.29) is 34.7 Å². The van der Waals surface area contributed by atoms with Gasteiger partial charge in [-0.3, -0.25) is 0 Å². The zero-order valence-corrected chi connectivity index (χ0v) is 19.1. The molecule has 0 saturated carbocycles. The smallest absolute Gasteiger partial charge is 0.542 e. The molecule has 0 aliphatic rings. The fraction of sp³-hybridized carbons (Fsp3) is 0. The summed E-state index contributed by atoms with van der Waals surface area (Å²) < 4.78 is 12.8. The van der Waals surface area contributed by atoms with Gasteiger partial charge in [0.25, 0.3) is 0 Å². The quantitative estimate of drug-likeness (QED) is 0.275. The number of aromatic carboxylic acids is 6. The maximum atomic E-state index is 10.0. The molecular formula is C18H6Al2O15. The topological polar surface area (TPSA) is 280 Å². The third-order valence-corrected chi connectivity index (χ3v) is 3.03. The van der Waals surface area contributed by atoms with Crippen LogP contribution in [0.3, 0.4) is 0 Å². The van der Waals surface area contributed by atoms with Crippen molar-refractivity contribution in [3.05, 3.63) is 71.0 Å². The van der Waals surface area contributed by atoms with Crippen molar-refractivity contribution >= 4 is 70.5 Å². The number of carbonyl (C=O) groups is 6. The molecule has 0 fully saturated rings. The van der Waals surface area contributed by atoms with Crippen molar-refractivity contribution in [1.29, 1.82) is 0 Å². The zero-order valence-electron chi connectivity index (χ0n) is 16.7. The van der Waals surface area contributed by atoms with E-state index in [9.17, 15) is 59.4 Å². The minimum atomic E-state index is -1.56. The average Bonchev–Trinajstić information content (AvgIpc) is 3.49. The Labute approximate surface area is 214 Å². The first-order chi connectivity index (χ1) is 15.3. The minimum Gasteiger partial charge on any atom is -0.542 e. The summed E-state index contributed by atoms with van der Waals surface area (Å²) in [7, 11) is 0. The van der Waals surface area contributed by atoms with Crippen LogP contribution in [0, 0.1) is 0 Å². The molecule has 0 aromatic carbocycles. The van der Waals surface area contributed by atoms with E-state index in [0.717, 1.165) is 36.4 Å². The Kier molecular flexibility index (Phi) is 13.9. The van der Waals surface area contributed by atoms with Gasteiger partial charge in [-0.25, -0.2) is 0 Å². The molecule has 3 aromatic heterocycles. The summed E-state index contributed by atoms with van der Waals surface area (Å²) in [6.07, 6.45) is 0. The zero-order chi connectivity index (χ0) is 25.3. The first-order valence-corrected chi connectivity index (χ1v) is 7.91. The molecule has 0 aliphatic heterocycles. The number of rotatable bonds is 6. The van der Waals surface area contributed by atoms with Crippen molar-refractivity contribution in [1.82, 2.24) is 0 Å². The summed E-state index contributed by atoms with van der Waals surface area (Å²) >= 11 is 0. The second-order valence-corrected chi connectivity index (χ2v) is 5.22. The molecule has 0 saturated heterocycles. The Hall–Kier alpha value is -4.28. The Morgan fingerprint density at radius 3 is 0.543 bits per heavy atom. The van der Waals surface area contributed by atoms with Gasteiger partial charge in [0.2, 0.25) is 0 Å². The van der Waals surface area contributed by atoms with Crippen molar-refractivity contribution in [2.75, 3.05) is 0 Å². The number of carboxylic acids is 6. The molecule has 3 rings (SSSR count). The molecule has 0 atom stereocenters. The van der Waals surface area contributed by atoms with Crippen LogP contribution < -0.4 is 30.6 Å². The van der Waals surface area contributed by atoms with Gasteiger partial charge in [0.15, 0.2) is 0 Å². The van der Waals surface area contributed by atoms with Crippen LogP contribution in [0.1, 0.15) is 63.3 Å². The van der Waals surface area contributed by atoms with Gasteiger partial charge in [0.1, 0.15) is 70.4 Å². The molecule has 35 heavy (non-hydrogen) atoms. The van der Waals surface area contributed by atoms with E-state index >= 15 is 0 Å². The van der Waals surface area contributed by atoms with Gasteiger partial charge in [0.05, 0.1) is 0 Å². The molecule has 0 aliphatic carbocycles. The van der Waals surface area contributed by atoms with Gasteiger partial charge < -0.3 is 72.7 Å². The average molecular weight is 516 g/mol. The number of hydrogen-bond acceptors (Lipinski definition) is 15. The maximum absolute atomic E-state index is 10.0. The predicted octanol–water partition coefficient (Wildman–Crippen LogP) is -6.74. The second kappa shape index (κ2) is 14.8. The minimum absolute atomic E-state index is 0. The van der Waals surface area contributed by atoms with Crippen molar-refractivity contribution in [2.45, 2.75) is 0 Å². The summed E-state index contributed by atoms with van der Waals surface area (Å²) in [5.74, 6) is -12.5. The van der Waals surface area contributed by atoms with Gasteiger partial charge in [-0.1, -0.05) is 0 Å². The third kappa shape index (κ3) is 10.5. The molecule has 0 radical (unpaired) electrons. The van der Waals surface area contributed by atoms with Gasteiger partial charge in [-0.2, -0.15) is 0 Å². The monoisotopic (exact) mass is 516 g/mol. The first kappa shape index (κ1) is 32.9. The summed E-state index contributed by atoms with van der Waals surface area (Å²) in [4.78, 5) is 60.1. The number of furan rings is 3. The van der Waals surface area contributed by atoms with Gasteiger partial charge in [-0.15, -0.1) is 0 Å². The molecule has 0 unspecified atom stereocenters. The van der Waals surface area contributed by atoms with Crippen LogP contribution in [0.4, 0.5) is 0 Å². The molecule has 3 heterocycles. The van der Waals surface area contributed by atoms with Gasteiger partial charge in [-0.05, 0) is 36.4 Å². The van der Waals surface area contributed by atoms with Gasteiger partial charge >= 0.3 is 34.7 Å². The van der Waals surface area contributed by atoms with Crippen LogP contribution in [0.5, 0.6) is 0 Å². The Morgan fingerprint density at radius 2 is 0.486 bits per heavy atom. The van der Waals surface area contributed by atoms with E-state index in [1.807, 2.05) is 0 Å². The molecule has 17 heteroatoms. The largest absolute Gasteiger partial charge is 3.00 e. The summed E-state index contributed by atoms with van der Waals surface area (Å²) in [6.45, 7) is 0. The molecule has 174 valence electrons. The van der Waals surface area contributed by atoms with E-state index in [2.05, 4.69) is 13.3 Å². The molecule has 0 spiro atoms.